The fourth-order valence-corrected chi connectivity index (χ4v) is 2.49. The summed E-state index contributed by atoms with van der Waals surface area (Å²) in [6, 6.07) is -0.317. The highest BCUT2D eigenvalue weighted by molar-refractivity contribution is 7.87. The van der Waals surface area contributed by atoms with Crippen molar-refractivity contribution in [2.45, 2.75) is 30.8 Å². The minimum atomic E-state index is -5.59. The average Bonchev–Trinajstić information content (AvgIpc) is 2.62. The van der Waals surface area contributed by atoms with Gasteiger partial charge in [0.2, 0.25) is 0 Å². The summed E-state index contributed by atoms with van der Waals surface area (Å²) in [6.45, 7) is -0.0504. The fourth-order valence-electron chi connectivity index (χ4n) is 2.00. The highest BCUT2D eigenvalue weighted by atomic mass is 32.2. The van der Waals surface area contributed by atoms with E-state index in [9.17, 15) is 21.6 Å². The minimum Gasteiger partial charge on any atom is -0.379 e. The van der Waals surface area contributed by atoms with Crippen LogP contribution in [-0.2, 0) is 14.3 Å². The lowest BCUT2D eigenvalue weighted by molar-refractivity contribution is -0.0522. The smallest absolute Gasteiger partial charge is 0.379 e. The van der Waals surface area contributed by atoms with Crippen LogP contribution in [0.2, 0.25) is 0 Å². The summed E-state index contributed by atoms with van der Waals surface area (Å²) >= 11 is 0. The van der Waals surface area contributed by atoms with Crippen molar-refractivity contribution in [1.82, 2.24) is 5.32 Å². The lowest BCUT2D eigenvalue weighted by Crippen LogP contribution is -2.27. The molecule has 0 bridgehead atoms. The second-order valence-electron chi connectivity index (χ2n) is 4.51. The lowest BCUT2D eigenvalue weighted by Gasteiger charge is -2.09. The largest absolute Gasteiger partial charge is 0.534 e. The summed E-state index contributed by atoms with van der Waals surface area (Å²) in [6.07, 6.45) is 10.1. The third-order valence-electron chi connectivity index (χ3n) is 2.97. The maximum atomic E-state index is 12.2. The molecule has 0 aromatic rings. The van der Waals surface area contributed by atoms with Gasteiger partial charge in [0.1, 0.15) is 5.76 Å². The molecular weight excluding hydrogens is 295 g/mol. The zero-order valence-corrected chi connectivity index (χ0v) is 11.3. The number of hydrogen-bond acceptors (Lipinski definition) is 4. The van der Waals surface area contributed by atoms with Crippen molar-refractivity contribution < 1.29 is 25.8 Å². The van der Waals surface area contributed by atoms with E-state index in [0.29, 0.717) is 0 Å². The van der Waals surface area contributed by atoms with Crippen LogP contribution in [0.3, 0.4) is 0 Å². The number of nitrogens with one attached hydrogen (secondary N) is 1. The van der Waals surface area contributed by atoms with Crippen molar-refractivity contribution in [2.75, 3.05) is 6.54 Å². The Hall–Kier alpha value is -1.28. The molecule has 112 valence electrons. The Kier molecular flexibility index (Phi) is 4.24. The molecule has 1 aliphatic carbocycles. The van der Waals surface area contributed by atoms with Crippen molar-refractivity contribution in [3.05, 3.63) is 35.6 Å². The Bertz CT molecular complexity index is 561. The van der Waals surface area contributed by atoms with E-state index in [1.54, 1.807) is 0 Å². The van der Waals surface area contributed by atoms with Gasteiger partial charge in [0, 0.05) is 0 Å². The third-order valence-corrected chi connectivity index (χ3v) is 3.97. The molecule has 20 heavy (non-hydrogen) atoms. The van der Waals surface area contributed by atoms with Gasteiger partial charge in [-0.15, -0.1) is 0 Å². The molecule has 0 spiro atoms. The van der Waals surface area contributed by atoms with Gasteiger partial charge < -0.3 is 4.18 Å². The molecule has 0 radical (unpaired) electrons. The predicted octanol–water partition coefficient (Wildman–Crippen LogP) is 2.37. The molecule has 1 aliphatic heterocycles. The van der Waals surface area contributed by atoms with Gasteiger partial charge in [-0.05, 0) is 30.9 Å². The van der Waals surface area contributed by atoms with Gasteiger partial charge in [0.15, 0.2) is 0 Å². The third kappa shape index (κ3) is 3.43. The molecule has 1 atom stereocenters. The number of rotatable bonds is 3. The van der Waals surface area contributed by atoms with Gasteiger partial charge in [-0.2, -0.15) is 21.6 Å². The molecule has 0 fully saturated rings. The van der Waals surface area contributed by atoms with Crippen molar-refractivity contribution in [2.24, 2.45) is 0 Å². The summed E-state index contributed by atoms with van der Waals surface area (Å²) in [5, 5.41) is 2.91. The van der Waals surface area contributed by atoms with Crippen LogP contribution in [-0.4, -0.2) is 26.5 Å². The van der Waals surface area contributed by atoms with Gasteiger partial charge in [-0.3, -0.25) is 5.32 Å². The first kappa shape index (κ1) is 15.1. The van der Waals surface area contributed by atoms with Crippen molar-refractivity contribution in [1.29, 1.82) is 0 Å². The number of halogens is 3. The standard InChI is InChI=1S/C12H14F3NO3S/c13-12(14,15)20(17,18)19-10-7-11(16-8-10)9-5-3-1-2-4-6-9/h3,5-7,11,16H,1-2,4,8H2/t11-/m0/s1. The number of allylic oxidation sites excluding steroid dienone is 2. The van der Waals surface area contributed by atoms with Crippen molar-refractivity contribution in [3.8, 4) is 0 Å². The second-order valence-corrected chi connectivity index (χ2v) is 6.05. The van der Waals surface area contributed by atoms with Crippen molar-refractivity contribution >= 4 is 10.1 Å². The number of alkyl halides is 3. The van der Waals surface area contributed by atoms with Crippen LogP contribution in [0.15, 0.2) is 35.6 Å². The Morgan fingerprint density at radius 3 is 2.75 bits per heavy atom. The molecule has 0 saturated carbocycles. The van der Waals surface area contributed by atoms with Gasteiger partial charge in [0.25, 0.3) is 0 Å². The highest BCUT2D eigenvalue weighted by Gasteiger charge is 2.49. The molecule has 0 aromatic carbocycles. The lowest BCUT2D eigenvalue weighted by atomic mass is 10.1. The SMILES string of the molecule is O=S(=O)(OC1=C[C@@H](C2=CCCCC=C2)NC1)C(F)(F)F. The van der Waals surface area contributed by atoms with E-state index >= 15 is 0 Å². The normalized spacial score (nSPS) is 24.1. The second kappa shape index (κ2) is 5.61. The maximum absolute atomic E-state index is 12.2. The minimum absolute atomic E-state index is 0.0504. The van der Waals surface area contributed by atoms with E-state index in [1.807, 2.05) is 18.2 Å². The molecule has 2 aliphatic rings. The highest BCUT2D eigenvalue weighted by Crippen LogP contribution is 2.28. The molecule has 0 aromatic heterocycles. The number of hydrogen-bond donors (Lipinski definition) is 1. The van der Waals surface area contributed by atoms with Gasteiger partial charge >= 0.3 is 15.6 Å². The molecular formula is C12H14F3NO3S. The van der Waals surface area contributed by atoms with Crippen LogP contribution in [0.4, 0.5) is 13.2 Å². The summed E-state index contributed by atoms with van der Waals surface area (Å²) in [7, 11) is -5.59. The first-order valence-electron chi connectivity index (χ1n) is 6.11. The van der Waals surface area contributed by atoms with Crippen LogP contribution < -0.4 is 5.32 Å². The Balaban J connectivity index is 2.09. The molecule has 0 unspecified atom stereocenters. The Labute approximate surface area is 115 Å². The zero-order chi connectivity index (χ0) is 14.8. The fraction of sp³-hybridized carbons (Fsp3) is 0.500. The van der Waals surface area contributed by atoms with Crippen LogP contribution >= 0.6 is 0 Å². The quantitative estimate of drug-likeness (QED) is 0.642. The van der Waals surface area contributed by atoms with Gasteiger partial charge in [-0.1, -0.05) is 18.2 Å². The molecule has 0 saturated heterocycles. The predicted molar refractivity (Wildman–Crippen MR) is 67.0 cm³/mol. The van der Waals surface area contributed by atoms with E-state index in [-0.39, 0.29) is 18.3 Å². The first-order valence-corrected chi connectivity index (χ1v) is 7.52. The summed E-state index contributed by atoms with van der Waals surface area (Å²) in [5.74, 6) is -0.231. The van der Waals surface area contributed by atoms with Gasteiger partial charge in [-0.25, -0.2) is 0 Å². The molecule has 1 heterocycles. The zero-order valence-electron chi connectivity index (χ0n) is 10.5. The molecule has 0 amide bonds. The van der Waals surface area contributed by atoms with Crippen molar-refractivity contribution in [3.63, 3.8) is 0 Å². The molecule has 1 N–H and O–H groups in total. The molecule has 8 heteroatoms. The maximum Gasteiger partial charge on any atom is 0.534 e. The summed E-state index contributed by atoms with van der Waals surface area (Å²) < 4.78 is 62.5. The Morgan fingerprint density at radius 2 is 2.05 bits per heavy atom. The average molecular weight is 309 g/mol. The van der Waals surface area contributed by atoms with Crippen LogP contribution in [0, 0.1) is 0 Å². The molecule has 2 rings (SSSR count). The van der Waals surface area contributed by atoms with Gasteiger partial charge in [0.05, 0.1) is 12.6 Å². The van der Waals surface area contributed by atoms with E-state index in [2.05, 4.69) is 9.50 Å². The van der Waals surface area contributed by atoms with E-state index in [4.69, 9.17) is 0 Å². The van der Waals surface area contributed by atoms with Crippen LogP contribution in [0.5, 0.6) is 0 Å². The summed E-state index contributed by atoms with van der Waals surface area (Å²) in [4.78, 5) is 0. The van der Waals surface area contributed by atoms with Crippen LogP contribution in [0.25, 0.3) is 0 Å². The van der Waals surface area contributed by atoms with E-state index < -0.39 is 15.6 Å². The monoisotopic (exact) mass is 309 g/mol. The summed E-state index contributed by atoms with van der Waals surface area (Å²) in [5.41, 5.74) is -4.50. The van der Waals surface area contributed by atoms with E-state index in [0.717, 1.165) is 24.8 Å². The first-order chi connectivity index (χ1) is 9.29. The molecule has 4 nitrogen and oxygen atoms in total. The Morgan fingerprint density at radius 1 is 1.30 bits per heavy atom. The topological polar surface area (TPSA) is 55.4 Å². The van der Waals surface area contributed by atoms with Crippen LogP contribution in [0.1, 0.15) is 19.3 Å². The van der Waals surface area contributed by atoms with E-state index in [1.165, 1.54) is 6.08 Å².